The second-order valence-electron chi connectivity index (χ2n) is 8.84. The molecule has 0 radical (unpaired) electrons. The molecule has 192 valence electrons. The van der Waals surface area contributed by atoms with Gasteiger partial charge in [0, 0.05) is 15.6 Å². The van der Waals surface area contributed by atoms with Crippen molar-refractivity contribution in [1.29, 1.82) is 0 Å². The first kappa shape index (κ1) is 26.4. The maximum Gasteiger partial charge on any atom is 0.282 e. The number of fused-ring (bicyclic) bond motifs is 1. The summed E-state index contributed by atoms with van der Waals surface area (Å²) in [7, 11) is 3.25. The Morgan fingerprint density at radius 2 is 1.81 bits per heavy atom. The van der Waals surface area contributed by atoms with Crippen molar-refractivity contribution in [3.63, 3.8) is 0 Å². The summed E-state index contributed by atoms with van der Waals surface area (Å²) in [6.07, 6.45) is 1.60. The van der Waals surface area contributed by atoms with Crippen molar-refractivity contribution in [2.24, 2.45) is 5.10 Å². The van der Waals surface area contributed by atoms with Gasteiger partial charge in [0.05, 0.1) is 37.9 Å². The average molecular weight is 564 g/mol. The van der Waals surface area contributed by atoms with Crippen molar-refractivity contribution in [3.8, 4) is 28.6 Å². The number of hydrogen-bond acceptors (Lipinski definition) is 6. The van der Waals surface area contributed by atoms with E-state index in [1.54, 1.807) is 26.5 Å². The molecule has 0 aliphatic rings. The van der Waals surface area contributed by atoms with Crippen molar-refractivity contribution in [2.75, 3.05) is 20.8 Å². The van der Waals surface area contributed by atoms with Crippen LogP contribution in [0.2, 0.25) is 0 Å². The summed E-state index contributed by atoms with van der Waals surface area (Å²) in [5.74, 6) is 2.57. The minimum atomic E-state index is -0.266. The molecule has 4 aromatic rings. The van der Waals surface area contributed by atoms with Crippen molar-refractivity contribution >= 4 is 33.0 Å². The van der Waals surface area contributed by atoms with Gasteiger partial charge in [-0.2, -0.15) is 9.78 Å². The molecule has 3 aromatic carbocycles. The second-order valence-corrected chi connectivity index (χ2v) is 9.75. The number of aryl methyl sites for hydroxylation is 1. The highest BCUT2D eigenvalue weighted by atomic mass is 79.9. The van der Waals surface area contributed by atoms with E-state index >= 15 is 0 Å². The van der Waals surface area contributed by atoms with E-state index < -0.39 is 0 Å². The summed E-state index contributed by atoms with van der Waals surface area (Å²) in [5.41, 5.74) is 3.75. The van der Waals surface area contributed by atoms with Crippen molar-refractivity contribution in [1.82, 2.24) is 9.66 Å². The molecule has 37 heavy (non-hydrogen) atoms. The third-order valence-corrected chi connectivity index (χ3v) is 6.52. The highest BCUT2D eigenvalue weighted by Crippen LogP contribution is 2.35. The zero-order chi connectivity index (χ0) is 26.7. The molecule has 0 aliphatic heterocycles. The van der Waals surface area contributed by atoms with E-state index in [2.05, 4.69) is 34.9 Å². The van der Waals surface area contributed by atoms with Gasteiger partial charge in [-0.15, -0.1) is 0 Å². The molecule has 0 fully saturated rings. The summed E-state index contributed by atoms with van der Waals surface area (Å²) >= 11 is 3.52. The van der Waals surface area contributed by atoms with E-state index in [0.717, 1.165) is 26.9 Å². The molecule has 1 heterocycles. The lowest BCUT2D eigenvalue weighted by Crippen LogP contribution is -2.21. The van der Waals surface area contributed by atoms with E-state index in [4.69, 9.17) is 19.2 Å². The van der Waals surface area contributed by atoms with Gasteiger partial charge in [0.25, 0.3) is 5.56 Å². The molecule has 0 saturated carbocycles. The first-order valence-electron chi connectivity index (χ1n) is 12.0. The number of methoxy groups -OCH3 is 2. The van der Waals surface area contributed by atoms with Crippen LogP contribution < -0.4 is 19.8 Å². The van der Waals surface area contributed by atoms with Gasteiger partial charge in [0.2, 0.25) is 0 Å². The lowest BCUT2D eigenvalue weighted by molar-refractivity contribution is 0.310. The molecule has 8 heteroatoms. The molecule has 0 unspecified atom stereocenters. The average Bonchev–Trinajstić information content (AvgIpc) is 2.88. The molecule has 0 N–H and O–H groups in total. The smallest absolute Gasteiger partial charge is 0.282 e. The number of benzene rings is 3. The Labute approximate surface area is 224 Å². The normalized spacial score (nSPS) is 11.5. The predicted molar refractivity (Wildman–Crippen MR) is 152 cm³/mol. The molecule has 0 bridgehead atoms. The Hall–Kier alpha value is -3.65. The van der Waals surface area contributed by atoms with Crippen LogP contribution in [0, 0.1) is 6.92 Å². The van der Waals surface area contributed by atoms with E-state index in [-0.39, 0.29) is 11.5 Å². The van der Waals surface area contributed by atoms with Crippen molar-refractivity contribution in [3.05, 3.63) is 80.0 Å². The SMILES string of the molecule is CCOc1c(C=Nn2c(-c3cc(C(C)C)c(OC)cc3C)nc3ccccc3c2=O)cc(Br)cc1OC. The summed E-state index contributed by atoms with van der Waals surface area (Å²) in [6, 6.07) is 15.0. The first-order chi connectivity index (χ1) is 17.8. The Morgan fingerprint density at radius 3 is 2.49 bits per heavy atom. The van der Waals surface area contributed by atoms with Gasteiger partial charge in [-0.25, -0.2) is 4.98 Å². The molecule has 0 aliphatic carbocycles. The number of nitrogens with zero attached hydrogens (tertiary/aromatic N) is 3. The van der Waals surface area contributed by atoms with Crippen LogP contribution >= 0.6 is 15.9 Å². The number of halogens is 1. The zero-order valence-electron chi connectivity index (χ0n) is 21.8. The van der Waals surface area contributed by atoms with Crippen LogP contribution in [-0.4, -0.2) is 36.7 Å². The van der Waals surface area contributed by atoms with Gasteiger partial charge in [-0.3, -0.25) is 4.79 Å². The molecule has 0 saturated heterocycles. The summed E-state index contributed by atoms with van der Waals surface area (Å²) in [5, 5.41) is 5.13. The van der Waals surface area contributed by atoms with Gasteiger partial charge in [-0.05, 0) is 67.3 Å². The highest BCUT2D eigenvalue weighted by molar-refractivity contribution is 9.10. The van der Waals surface area contributed by atoms with Gasteiger partial charge in [-0.1, -0.05) is 41.9 Å². The molecule has 0 amide bonds. The summed E-state index contributed by atoms with van der Waals surface area (Å²) in [4.78, 5) is 18.6. The molecular formula is C29H30BrN3O4. The van der Waals surface area contributed by atoms with Gasteiger partial charge >= 0.3 is 0 Å². The predicted octanol–water partition coefficient (Wildman–Crippen LogP) is 6.56. The van der Waals surface area contributed by atoms with Crippen LogP contribution in [-0.2, 0) is 0 Å². The van der Waals surface area contributed by atoms with Gasteiger partial charge < -0.3 is 14.2 Å². The quantitative estimate of drug-likeness (QED) is 0.227. The number of para-hydroxylation sites is 1. The fourth-order valence-corrected chi connectivity index (χ4v) is 4.68. The fourth-order valence-electron chi connectivity index (χ4n) is 4.23. The molecule has 7 nitrogen and oxygen atoms in total. The Morgan fingerprint density at radius 1 is 1.08 bits per heavy atom. The van der Waals surface area contributed by atoms with Crippen molar-refractivity contribution in [2.45, 2.75) is 33.6 Å². The van der Waals surface area contributed by atoms with Crippen LogP contribution in [0.3, 0.4) is 0 Å². The van der Waals surface area contributed by atoms with Crippen molar-refractivity contribution < 1.29 is 14.2 Å². The van der Waals surface area contributed by atoms with E-state index in [0.29, 0.717) is 40.4 Å². The fraction of sp³-hybridized carbons (Fsp3) is 0.276. The van der Waals surface area contributed by atoms with Gasteiger partial charge in [0.15, 0.2) is 17.3 Å². The monoisotopic (exact) mass is 563 g/mol. The van der Waals surface area contributed by atoms with Crippen LogP contribution in [0.25, 0.3) is 22.3 Å². The lowest BCUT2D eigenvalue weighted by atomic mass is 9.96. The second kappa shape index (κ2) is 11.2. The lowest BCUT2D eigenvalue weighted by Gasteiger charge is -2.17. The number of hydrogen-bond donors (Lipinski definition) is 0. The molecule has 0 spiro atoms. The maximum atomic E-state index is 13.7. The summed E-state index contributed by atoms with van der Waals surface area (Å²) in [6.45, 7) is 8.53. The number of aromatic nitrogens is 2. The minimum Gasteiger partial charge on any atom is -0.496 e. The van der Waals surface area contributed by atoms with E-state index in [9.17, 15) is 4.79 Å². The van der Waals surface area contributed by atoms with Crippen LogP contribution in [0.15, 0.2) is 62.9 Å². The van der Waals surface area contributed by atoms with E-state index in [1.807, 2.05) is 56.3 Å². The first-order valence-corrected chi connectivity index (χ1v) is 12.8. The number of rotatable bonds is 8. The molecular weight excluding hydrogens is 534 g/mol. The number of ether oxygens (including phenoxy) is 3. The minimum absolute atomic E-state index is 0.210. The molecule has 0 atom stereocenters. The third kappa shape index (κ3) is 5.25. The Bertz CT molecular complexity index is 1540. The Kier molecular flexibility index (Phi) is 7.97. The highest BCUT2D eigenvalue weighted by Gasteiger charge is 2.19. The summed E-state index contributed by atoms with van der Waals surface area (Å²) < 4.78 is 19.1. The van der Waals surface area contributed by atoms with Crippen LogP contribution in [0.5, 0.6) is 17.2 Å². The third-order valence-electron chi connectivity index (χ3n) is 6.06. The standard InChI is InChI=1S/C29H30BrN3O4/c1-7-37-27-19(13-20(30)14-26(27)36-6)16-31-33-28(32-24-11-9-8-10-21(24)29(33)34)23-15-22(17(2)3)25(35-5)12-18(23)4/h8-17H,7H2,1-6H3. The van der Waals surface area contributed by atoms with Crippen LogP contribution in [0.1, 0.15) is 43.4 Å². The topological polar surface area (TPSA) is 74.9 Å². The Balaban J connectivity index is 2.00. The van der Waals surface area contributed by atoms with E-state index in [1.165, 1.54) is 4.68 Å². The largest absolute Gasteiger partial charge is 0.496 e. The zero-order valence-corrected chi connectivity index (χ0v) is 23.4. The molecule has 4 rings (SSSR count). The molecule has 1 aromatic heterocycles. The van der Waals surface area contributed by atoms with Crippen LogP contribution in [0.4, 0.5) is 0 Å². The van der Waals surface area contributed by atoms with Gasteiger partial charge in [0.1, 0.15) is 5.75 Å². The maximum absolute atomic E-state index is 13.7.